The Morgan fingerprint density at radius 2 is 1.86 bits per heavy atom. The van der Waals surface area contributed by atoms with E-state index in [4.69, 9.17) is 0 Å². The van der Waals surface area contributed by atoms with Gasteiger partial charge in [-0.2, -0.15) is 10.2 Å². The van der Waals surface area contributed by atoms with Crippen molar-refractivity contribution >= 4 is 34.8 Å². The molecule has 0 fully saturated rings. The van der Waals surface area contributed by atoms with Gasteiger partial charge < -0.3 is 15.2 Å². The third-order valence-electron chi connectivity index (χ3n) is 5.68. The third-order valence-corrected chi connectivity index (χ3v) is 5.68. The Balaban J connectivity index is 1.28. The van der Waals surface area contributed by atoms with Crippen LogP contribution in [0, 0.1) is 0 Å². The fourth-order valence-corrected chi connectivity index (χ4v) is 3.87. The first-order valence-electron chi connectivity index (χ1n) is 12.0. The maximum atomic E-state index is 12.6. The maximum absolute atomic E-state index is 12.6. The Hall–Kier alpha value is -4.73. The number of amides is 3. The lowest BCUT2D eigenvalue weighted by Crippen LogP contribution is -2.33. The van der Waals surface area contributed by atoms with Crippen molar-refractivity contribution in [3.05, 3.63) is 84.3 Å². The van der Waals surface area contributed by atoms with Crippen molar-refractivity contribution in [1.82, 2.24) is 30.4 Å². The number of hydrogen-bond acceptors (Lipinski definition) is 5. The van der Waals surface area contributed by atoms with Gasteiger partial charge in [-0.05, 0) is 54.4 Å². The third kappa shape index (κ3) is 7.14. The van der Waals surface area contributed by atoms with E-state index < -0.39 is 0 Å². The number of benzene rings is 2. The number of aromatic nitrogens is 3. The highest BCUT2D eigenvalue weighted by atomic mass is 16.2. The second kappa shape index (κ2) is 12.3. The van der Waals surface area contributed by atoms with Crippen molar-refractivity contribution in [1.29, 1.82) is 0 Å². The van der Waals surface area contributed by atoms with Gasteiger partial charge in [0.25, 0.3) is 5.91 Å². The first-order chi connectivity index (χ1) is 18.0. The van der Waals surface area contributed by atoms with Crippen molar-refractivity contribution in [2.45, 2.75) is 26.3 Å². The molecule has 3 amide bonds. The van der Waals surface area contributed by atoms with Gasteiger partial charge in [0.15, 0.2) is 0 Å². The van der Waals surface area contributed by atoms with E-state index in [1.54, 1.807) is 23.2 Å². The van der Waals surface area contributed by atoms with Gasteiger partial charge in [0.1, 0.15) is 0 Å². The zero-order valence-corrected chi connectivity index (χ0v) is 20.6. The highest BCUT2D eigenvalue weighted by Crippen LogP contribution is 2.18. The van der Waals surface area contributed by atoms with E-state index >= 15 is 0 Å². The molecule has 37 heavy (non-hydrogen) atoms. The molecule has 4 aromatic rings. The highest BCUT2D eigenvalue weighted by molar-refractivity contribution is 5.98. The van der Waals surface area contributed by atoms with Gasteiger partial charge in [0.2, 0.25) is 11.8 Å². The number of nitrogens with one attached hydrogen (secondary N) is 3. The molecule has 0 unspecified atom stereocenters. The molecule has 2 heterocycles. The number of fused-ring (bicyclic) bond motifs is 1. The normalized spacial score (nSPS) is 11.1. The fourth-order valence-electron chi connectivity index (χ4n) is 3.87. The molecular formula is C27H29N7O3. The summed E-state index contributed by atoms with van der Waals surface area (Å²) in [5, 5.41) is 14.7. The zero-order chi connectivity index (χ0) is 26.0. The summed E-state index contributed by atoms with van der Waals surface area (Å²) < 4.78 is 3.81. The number of carbonyl (C=O) groups is 3. The minimum Gasteiger partial charge on any atom is -0.355 e. The largest absolute Gasteiger partial charge is 0.355 e. The second-order valence-corrected chi connectivity index (χ2v) is 8.46. The van der Waals surface area contributed by atoms with Crippen LogP contribution in [0.5, 0.6) is 0 Å². The van der Waals surface area contributed by atoms with Gasteiger partial charge >= 0.3 is 0 Å². The monoisotopic (exact) mass is 499 g/mol. The van der Waals surface area contributed by atoms with Crippen LogP contribution >= 0.6 is 0 Å². The van der Waals surface area contributed by atoms with Crippen molar-refractivity contribution < 1.29 is 14.4 Å². The van der Waals surface area contributed by atoms with Crippen molar-refractivity contribution in [2.75, 3.05) is 13.1 Å². The molecule has 0 saturated heterocycles. The van der Waals surface area contributed by atoms with Gasteiger partial charge in [0, 0.05) is 68.0 Å². The van der Waals surface area contributed by atoms with Crippen LogP contribution in [-0.2, 0) is 16.1 Å². The lowest BCUT2D eigenvalue weighted by atomic mass is 10.1. The summed E-state index contributed by atoms with van der Waals surface area (Å²) in [5.74, 6) is -0.464. The molecule has 0 atom stereocenters. The molecule has 0 spiro atoms. The first kappa shape index (κ1) is 25.4. The van der Waals surface area contributed by atoms with Crippen LogP contribution in [0.4, 0.5) is 0 Å². The molecule has 0 saturated carbocycles. The second-order valence-electron chi connectivity index (χ2n) is 8.46. The van der Waals surface area contributed by atoms with E-state index in [0.29, 0.717) is 38.0 Å². The average Bonchev–Trinajstić information content (AvgIpc) is 3.57. The van der Waals surface area contributed by atoms with Crippen LogP contribution < -0.4 is 16.1 Å². The molecule has 2 aromatic heterocycles. The van der Waals surface area contributed by atoms with Crippen LogP contribution in [0.3, 0.4) is 0 Å². The van der Waals surface area contributed by atoms with E-state index in [1.165, 1.54) is 6.92 Å². The minimum absolute atomic E-state index is 0.0468. The predicted octanol–water partition coefficient (Wildman–Crippen LogP) is 2.62. The van der Waals surface area contributed by atoms with Gasteiger partial charge in [-0.3, -0.25) is 14.4 Å². The number of aryl methyl sites for hydroxylation is 1. The van der Waals surface area contributed by atoms with Crippen molar-refractivity contribution in [2.24, 2.45) is 5.10 Å². The van der Waals surface area contributed by atoms with E-state index in [0.717, 1.165) is 22.2 Å². The lowest BCUT2D eigenvalue weighted by molar-refractivity contribution is -0.122. The molecule has 4 rings (SSSR count). The first-order valence-corrected chi connectivity index (χ1v) is 12.0. The summed E-state index contributed by atoms with van der Waals surface area (Å²) in [6.07, 6.45) is 8.18. The Bertz CT molecular complexity index is 1410. The van der Waals surface area contributed by atoms with Crippen LogP contribution in [0.1, 0.15) is 35.7 Å². The Labute approximate surface area is 214 Å². The molecule has 10 nitrogen and oxygen atoms in total. The Kier molecular flexibility index (Phi) is 8.43. The Morgan fingerprint density at radius 3 is 2.68 bits per heavy atom. The summed E-state index contributed by atoms with van der Waals surface area (Å²) >= 11 is 0. The molecule has 190 valence electrons. The van der Waals surface area contributed by atoms with Gasteiger partial charge in [-0.25, -0.2) is 10.1 Å². The molecule has 0 radical (unpaired) electrons. The molecule has 10 heteroatoms. The number of rotatable bonds is 11. The SMILES string of the molecule is CC(=O)NCCNC(=O)CCCn1ccc2cc(C(=O)N/N=C/c3cccc(-n4cccn4)c3)ccc21. The zero-order valence-electron chi connectivity index (χ0n) is 20.6. The van der Waals surface area contributed by atoms with Crippen LogP contribution in [0.25, 0.3) is 16.6 Å². The quantitative estimate of drug-likeness (QED) is 0.167. The van der Waals surface area contributed by atoms with Gasteiger partial charge in [-0.1, -0.05) is 12.1 Å². The van der Waals surface area contributed by atoms with Crippen molar-refractivity contribution in [3.63, 3.8) is 0 Å². The molecule has 0 bridgehead atoms. The van der Waals surface area contributed by atoms with Crippen LogP contribution in [0.15, 0.2) is 78.3 Å². The molecule has 0 aliphatic carbocycles. The summed E-state index contributed by atoms with van der Waals surface area (Å²) in [5.41, 5.74) is 5.81. The number of hydrogen-bond donors (Lipinski definition) is 3. The minimum atomic E-state index is -0.301. The van der Waals surface area contributed by atoms with E-state index in [2.05, 4.69) is 30.8 Å². The van der Waals surface area contributed by atoms with Gasteiger partial charge in [0.05, 0.1) is 11.9 Å². The summed E-state index contributed by atoms with van der Waals surface area (Å²) in [4.78, 5) is 35.4. The van der Waals surface area contributed by atoms with Crippen LogP contribution in [0.2, 0.25) is 0 Å². The number of hydrazone groups is 1. The van der Waals surface area contributed by atoms with E-state index in [1.807, 2.05) is 60.9 Å². The molecule has 2 aromatic carbocycles. The number of nitrogens with zero attached hydrogens (tertiary/aromatic N) is 4. The smallest absolute Gasteiger partial charge is 0.271 e. The van der Waals surface area contributed by atoms with Crippen LogP contribution in [-0.4, -0.2) is 51.4 Å². The standard InChI is InChI=1S/C27H29N7O3/c1-20(35)28-12-13-29-26(36)7-3-14-33-16-10-22-18-23(8-9-25(22)33)27(37)32-30-19-21-5-2-6-24(17-21)34-15-4-11-31-34/h2,4-6,8-11,15-19H,3,7,12-14H2,1H3,(H,28,35)(H,29,36)(H,32,37)/b30-19+. The topological polar surface area (TPSA) is 122 Å². The summed E-state index contributed by atoms with van der Waals surface area (Å²) in [6, 6.07) is 16.9. The molecule has 3 N–H and O–H groups in total. The van der Waals surface area contributed by atoms with E-state index in [-0.39, 0.29) is 17.7 Å². The summed E-state index contributed by atoms with van der Waals surface area (Å²) in [7, 11) is 0. The highest BCUT2D eigenvalue weighted by Gasteiger charge is 2.09. The molecule has 0 aliphatic heterocycles. The van der Waals surface area contributed by atoms with Crippen molar-refractivity contribution in [3.8, 4) is 5.69 Å². The van der Waals surface area contributed by atoms with Gasteiger partial charge in [-0.15, -0.1) is 0 Å². The maximum Gasteiger partial charge on any atom is 0.271 e. The Morgan fingerprint density at radius 1 is 1.00 bits per heavy atom. The fraction of sp³-hybridized carbons (Fsp3) is 0.222. The lowest BCUT2D eigenvalue weighted by Gasteiger charge is -2.08. The molecule has 0 aliphatic rings. The predicted molar refractivity (Wildman–Crippen MR) is 141 cm³/mol. The number of carbonyl (C=O) groups excluding carboxylic acids is 3. The summed E-state index contributed by atoms with van der Waals surface area (Å²) in [6.45, 7) is 2.95. The van der Waals surface area contributed by atoms with E-state index in [9.17, 15) is 14.4 Å². The molecular weight excluding hydrogens is 470 g/mol. The average molecular weight is 500 g/mol.